The van der Waals surface area contributed by atoms with E-state index in [0.29, 0.717) is 12.0 Å². The van der Waals surface area contributed by atoms with Crippen molar-refractivity contribution in [1.29, 1.82) is 0 Å². The number of nitrogens with one attached hydrogen (secondary N) is 1. The van der Waals surface area contributed by atoms with Crippen LogP contribution in [0.2, 0.25) is 0 Å². The fraction of sp³-hybridized carbons (Fsp3) is 0.565. The van der Waals surface area contributed by atoms with Gasteiger partial charge < -0.3 is 24.4 Å². The monoisotopic (exact) mass is 540 g/mol. The van der Waals surface area contributed by atoms with Crippen LogP contribution in [-0.2, 0) is 6.54 Å². The van der Waals surface area contributed by atoms with Crippen LogP contribution < -0.4 is 10.1 Å². The number of rotatable bonds is 8. The van der Waals surface area contributed by atoms with Crippen LogP contribution in [-0.4, -0.2) is 72.7 Å². The van der Waals surface area contributed by atoms with Gasteiger partial charge in [0.2, 0.25) is 0 Å². The second-order valence-electron chi connectivity index (χ2n) is 8.34. The number of ether oxygens (including phenoxy) is 1. The van der Waals surface area contributed by atoms with E-state index in [1.807, 2.05) is 31.7 Å². The van der Waals surface area contributed by atoms with Gasteiger partial charge in [0, 0.05) is 45.6 Å². The van der Waals surface area contributed by atoms with Crippen molar-refractivity contribution in [2.75, 3.05) is 47.4 Å². The molecule has 1 fully saturated rings. The molecule has 2 aromatic rings. The molecule has 7 nitrogen and oxygen atoms in total. The highest BCUT2D eigenvalue weighted by atomic mass is 127. The lowest BCUT2D eigenvalue weighted by molar-refractivity contribution is 0.189. The standard InChI is InChI=1S/C23H36N6O.HI/c1-19-10-13-28(17-22(19)29-14-11-25-18-29)23(24-2)26-16-20-6-8-21(9-7-20)30-15-5-12-27(3)4;/h6-9,11,14,18-19,22H,5,10,12-13,15-17H2,1-4H3,(H,24,26);1H. The maximum atomic E-state index is 5.82. The molecule has 172 valence electrons. The van der Waals surface area contributed by atoms with Crippen LogP contribution in [0.5, 0.6) is 5.75 Å². The predicted molar refractivity (Wildman–Crippen MR) is 137 cm³/mol. The molecule has 0 aliphatic carbocycles. The maximum absolute atomic E-state index is 5.82. The van der Waals surface area contributed by atoms with Crippen molar-refractivity contribution in [1.82, 2.24) is 24.7 Å². The van der Waals surface area contributed by atoms with Crippen molar-refractivity contribution in [2.45, 2.75) is 32.4 Å². The Kier molecular flexibility index (Phi) is 10.6. The third-order valence-corrected chi connectivity index (χ3v) is 5.73. The number of aliphatic imine (C=N–C) groups is 1. The van der Waals surface area contributed by atoms with E-state index in [1.165, 1.54) is 5.56 Å². The van der Waals surface area contributed by atoms with E-state index >= 15 is 0 Å². The molecule has 1 N–H and O–H groups in total. The number of imidazole rings is 1. The first-order valence-corrected chi connectivity index (χ1v) is 10.9. The van der Waals surface area contributed by atoms with Crippen LogP contribution in [0.3, 0.4) is 0 Å². The lowest BCUT2D eigenvalue weighted by Gasteiger charge is -2.39. The zero-order valence-corrected chi connectivity index (χ0v) is 21.5. The minimum absolute atomic E-state index is 0. The molecule has 1 aromatic heterocycles. The van der Waals surface area contributed by atoms with Crippen molar-refractivity contribution in [2.24, 2.45) is 10.9 Å². The zero-order chi connectivity index (χ0) is 21.3. The van der Waals surface area contributed by atoms with Crippen molar-refractivity contribution < 1.29 is 4.74 Å². The Labute approximate surface area is 203 Å². The van der Waals surface area contributed by atoms with Gasteiger partial charge in [0.1, 0.15) is 5.75 Å². The minimum atomic E-state index is 0. The fourth-order valence-electron chi connectivity index (χ4n) is 3.88. The van der Waals surface area contributed by atoms with Crippen LogP contribution in [0.1, 0.15) is 31.4 Å². The van der Waals surface area contributed by atoms with Crippen LogP contribution in [0.15, 0.2) is 48.0 Å². The largest absolute Gasteiger partial charge is 0.494 e. The predicted octanol–water partition coefficient (Wildman–Crippen LogP) is 3.49. The average molecular weight is 540 g/mol. The molecule has 1 aliphatic heterocycles. The number of piperidine rings is 1. The summed E-state index contributed by atoms with van der Waals surface area (Å²) in [7, 11) is 6.02. The Bertz CT molecular complexity index is 778. The molecule has 0 radical (unpaired) electrons. The number of hydrogen-bond acceptors (Lipinski definition) is 4. The molecule has 0 spiro atoms. The van der Waals surface area contributed by atoms with Crippen LogP contribution >= 0.6 is 24.0 Å². The highest BCUT2D eigenvalue weighted by molar-refractivity contribution is 14.0. The first kappa shape index (κ1) is 25.5. The SMILES string of the molecule is CN=C(NCc1ccc(OCCCN(C)C)cc1)N1CCC(C)C(n2ccnc2)C1.I. The molecular formula is C23H37IN6O. The summed E-state index contributed by atoms with van der Waals surface area (Å²) < 4.78 is 8.05. The molecule has 3 rings (SSSR count). The van der Waals surface area contributed by atoms with E-state index in [1.54, 1.807) is 0 Å². The van der Waals surface area contributed by atoms with Crippen molar-refractivity contribution in [3.8, 4) is 5.75 Å². The highest BCUT2D eigenvalue weighted by Crippen LogP contribution is 2.27. The number of hydrogen-bond donors (Lipinski definition) is 1. The highest BCUT2D eigenvalue weighted by Gasteiger charge is 2.28. The molecule has 31 heavy (non-hydrogen) atoms. The van der Waals surface area contributed by atoms with E-state index in [0.717, 1.165) is 57.3 Å². The number of nitrogens with zero attached hydrogens (tertiary/aromatic N) is 5. The van der Waals surface area contributed by atoms with Crippen molar-refractivity contribution >= 4 is 29.9 Å². The molecule has 2 unspecified atom stereocenters. The molecule has 8 heteroatoms. The zero-order valence-electron chi connectivity index (χ0n) is 19.2. The van der Waals surface area contributed by atoms with Gasteiger partial charge in [0.15, 0.2) is 5.96 Å². The first-order chi connectivity index (χ1) is 14.6. The van der Waals surface area contributed by atoms with Crippen LogP contribution in [0.4, 0.5) is 0 Å². The summed E-state index contributed by atoms with van der Waals surface area (Å²) in [5, 5.41) is 3.53. The van der Waals surface area contributed by atoms with Crippen molar-refractivity contribution in [3.05, 3.63) is 48.5 Å². The summed E-state index contributed by atoms with van der Waals surface area (Å²) in [5.74, 6) is 2.50. The lowest BCUT2D eigenvalue weighted by atomic mass is 9.93. The van der Waals surface area contributed by atoms with Gasteiger partial charge in [-0.2, -0.15) is 0 Å². The quantitative estimate of drug-likeness (QED) is 0.241. The van der Waals surface area contributed by atoms with Crippen LogP contribution in [0, 0.1) is 5.92 Å². The van der Waals surface area contributed by atoms with E-state index in [4.69, 9.17) is 4.74 Å². The topological polar surface area (TPSA) is 57.9 Å². The summed E-state index contributed by atoms with van der Waals surface area (Å²) in [6.07, 6.45) is 8.01. The number of halogens is 1. The molecule has 1 saturated heterocycles. The molecule has 0 saturated carbocycles. The smallest absolute Gasteiger partial charge is 0.193 e. The molecule has 2 atom stereocenters. The molecule has 0 amide bonds. The third-order valence-electron chi connectivity index (χ3n) is 5.73. The lowest BCUT2D eigenvalue weighted by Crippen LogP contribution is -2.48. The Hall–Kier alpha value is -1.81. The average Bonchev–Trinajstić information content (AvgIpc) is 3.28. The molecule has 0 bridgehead atoms. The first-order valence-electron chi connectivity index (χ1n) is 10.9. The van der Waals surface area contributed by atoms with E-state index in [9.17, 15) is 0 Å². The van der Waals surface area contributed by atoms with Gasteiger partial charge in [0.25, 0.3) is 0 Å². The normalized spacial score (nSPS) is 19.3. The number of benzene rings is 1. The summed E-state index contributed by atoms with van der Waals surface area (Å²) in [4.78, 5) is 13.3. The molecule has 1 aromatic carbocycles. The minimum Gasteiger partial charge on any atom is -0.494 e. The fourth-order valence-corrected chi connectivity index (χ4v) is 3.88. The van der Waals surface area contributed by atoms with Gasteiger partial charge >= 0.3 is 0 Å². The van der Waals surface area contributed by atoms with E-state index in [2.05, 4.69) is 69.0 Å². The Morgan fingerprint density at radius 1 is 1.29 bits per heavy atom. The summed E-state index contributed by atoms with van der Waals surface area (Å²) in [6.45, 7) is 6.81. The number of likely N-dealkylation sites (tertiary alicyclic amines) is 1. The van der Waals surface area contributed by atoms with Gasteiger partial charge in [-0.3, -0.25) is 4.99 Å². The number of aromatic nitrogens is 2. The van der Waals surface area contributed by atoms with E-state index in [-0.39, 0.29) is 24.0 Å². The molecular weight excluding hydrogens is 503 g/mol. The van der Waals surface area contributed by atoms with Gasteiger partial charge in [-0.05, 0) is 50.6 Å². The molecule has 2 heterocycles. The Morgan fingerprint density at radius 3 is 2.71 bits per heavy atom. The summed E-state index contributed by atoms with van der Waals surface area (Å²) >= 11 is 0. The Morgan fingerprint density at radius 2 is 2.06 bits per heavy atom. The van der Waals surface area contributed by atoms with Crippen LogP contribution in [0.25, 0.3) is 0 Å². The maximum Gasteiger partial charge on any atom is 0.193 e. The van der Waals surface area contributed by atoms with Gasteiger partial charge in [-0.1, -0.05) is 19.1 Å². The number of guanidine groups is 1. The third kappa shape index (κ3) is 7.68. The second kappa shape index (κ2) is 12.9. The summed E-state index contributed by atoms with van der Waals surface area (Å²) in [6, 6.07) is 8.76. The van der Waals surface area contributed by atoms with Gasteiger partial charge in [-0.15, -0.1) is 24.0 Å². The Balaban J connectivity index is 0.00000341. The second-order valence-corrected chi connectivity index (χ2v) is 8.34. The van der Waals surface area contributed by atoms with Gasteiger partial charge in [0.05, 0.1) is 19.0 Å². The van der Waals surface area contributed by atoms with Crippen molar-refractivity contribution in [3.63, 3.8) is 0 Å². The van der Waals surface area contributed by atoms with E-state index < -0.39 is 0 Å². The van der Waals surface area contributed by atoms with Gasteiger partial charge in [-0.25, -0.2) is 4.98 Å². The molecule has 1 aliphatic rings. The summed E-state index contributed by atoms with van der Waals surface area (Å²) in [5.41, 5.74) is 1.22.